The first-order chi connectivity index (χ1) is 12.7. The Hall–Kier alpha value is -1.89. The van der Waals surface area contributed by atoms with E-state index in [2.05, 4.69) is 15.4 Å². The van der Waals surface area contributed by atoms with Crippen LogP contribution in [0.5, 0.6) is 0 Å². The predicted molar refractivity (Wildman–Crippen MR) is 108 cm³/mol. The van der Waals surface area contributed by atoms with Crippen molar-refractivity contribution in [3.05, 3.63) is 59.1 Å². The normalized spacial score (nSPS) is 13.5. The van der Waals surface area contributed by atoms with Gasteiger partial charge in [0.15, 0.2) is 10.2 Å². The van der Waals surface area contributed by atoms with Crippen LogP contribution in [0.1, 0.15) is 12.0 Å². The highest BCUT2D eigenvalue weighted by Gasteiger charge is 2.22. The molecule has 2 aromatic carbocycles. The molecule has 0 aliphatic carbocycles. The number of nitrogens with zero attached hydrogens (tertiary/aromatic N) is 3. The van der Waals surface area contributed by atoms with Crippen molar-refractivity contribution >= 4 is 46.5 Å². The van der Waals surface area contributed by atoms with Crippen molar-refractivity contribution in [2.75, 3.05) is 17.2 Å². The molecule has 2 heterocycles. The molecule has 0 spiro atoms. The number of hydrogen-bond acceptors (Lipinski definition) is 5. The summed E-state index contributed by atoms with van der Waals surface area (Å²) in [6.07, 6.45) is 2.04. The fraction of sp³-hybridized carbons (Fsp3) is 0.211. The molecule has 1 aliphatic heterocycles. The van der Waals surface area contributed by atoms with Crippen molar-refractivity contribution in [3.63, 3.8) is 0 Å². The van der Waals surface area contributed by atoms with Gasteiger partial charge in [0, 0.05) is 17.8 Å². The highest BCUT2D eigenvalue weighted by atomic mass is 35.5. The average Bonchev–Trinajstić information content (AvgIpc) is 3.15. The number of benzene rings is 2. The molecule has 0 fully saturated rings. The number of halogens is 1. The first-order valence-corrected chi connectivity index (χ1v) is 10.5. The van der Waals surface area contributed by atoms with Crippen LogP contribution in [0.4, 0.5) is 5.69 Å². The highest BCUT2D eigenvalue weighted by molar-refractivity contribution is 8.01. The van der Waals surface area contributed by atoms with E-state index in [-0.39, 0.29) is 5.91 Å². The van der Waals surface area contributed by atoms with Gasteiger partial charge >= 0.3 is 0 Å². The third kappa shape index (κ3) is 3.63. The molecule has 1 aliphatic rings. The minimum absolute atomic E-state index is 0.108. The lowest BCUT2D eigenvalue weighted by Crippen LogP contribution is -2.36. The van der Waals surface area contributed by atoms with Crippen LogP contribution >= 0.6 is 34.9 Å². The summed E-state index contributed by atoms with van der Waals surface area (Å²) in [7, 11) is 0. The van der Waals surface area contributed by atoms with Gasteiger partial charge in [0.05, 0.1) is 10.8 Å². The fourth-order valence-electron chi connectivity index (χ4n) is 3.01. The molecule has 3 aromatic rings. The fourth-order valence-corrected chi connectivity index (χ4v) is 4.72. The van der Waals surface area contributed by atoms with Crippen molar-refractivity contribution < 1.29 is 4.79 Å². The summed E-state index contributed by atoms with van der Waals surface area (Å²) in [6.45, 7) is 0.775. The summed E-state index contributed by atoms with van der Waals surface area (Å²) in [5.74, 6) is 1.07. The molecule has 0 saturated heterocycles. The second-order valence-electron chi connectivity index (χ2n) is 5.93. The van der Waals surface area contributed by atoms with E-state index < -0.39 is 0 Å². The van der Waals surface area contributed by atoms with E-state index in [1.807, 2.05) is 47.4 Å². The Labute approximate surface area is 165 Å². The van der Waals surface area contributed by atoms with E-state index in [1.54, 1.807) is 0 Å². The number of aromatic nitrogens is 2. The zero-order valence-corrected chi connectivity index (χ0v) is 16.3. The number of para-hydroxylation sites is 1. The average molecular weight is 402 g/mol. The Morgan fingerprint density at radius 3 is 2.88 bits per heavy atom. The van der Waals surface area contributed by atoms with Crippen molar-refractivity contribution in [2.45, 2.75) is 17.2 Å². The summed E-state index contributed by atoms with van der Waals surface area (Å²) in [5, 5.41) is 0.628. The molecule has 0 bridgehead atoms. The van der Waals surface area contributed by atoms with Crippen LogP contribution in [0.3, 0.4) is 0 Å². The van der Waals surface area contributed by atoms with Gasteiger partial charge in [0.25, 0.3) is 0 Å². The van der Waals surface area contributed by atoms with Crippen molar-refractivity contribution in [1.29, 1.82) is 0 Å². The Morgan fingerprint density at radius 1 is 1.19 bits per heavy atom. The molecule has 0 N–H and O–H groups in total. The minimum atomic E-state index is 0.108. The van der Waals surface area contributed by atoms with Crippen LogP contribution in [0, 0.1) is 0 Å². The van der Waals surface area contributed by atoms with E-state index >= 15 is 0 Å². The standard InChI is InChI=1S/C19H16ClN3OS2/c20-15-9-3-2-8-14(15)18-21-19(26-22-18)25-12-17(24)23-11-5-7-13-6-1-4-10-16(13)23/h1-4,6,8-10H,5,7,11-12H2. The quantitative estimate of drug-likeness (QED) is 0.581. The smallest absolute Gasteiger partial charge is 0.237 e. The molecule has 4 rings (SSSR count). The van der Waals surface area contributed by atoms with Gasteiger partial charge in [-0.1, -0.05) is 53.7 Å². The monoisotopic (exact) mass is 401 g/mol. The highest BCUT2D eigenvalue weighted by Crippen LogP contribution is 2.31. The number of aryl methyl sites for hydroxylation is 1. The Morgan fingerprint density at radius 2 is 2.00 bits per heavy atom. The van der Waals surface area contributed by atoms with Gasteiger partial charge in [-0.2, -0.15) is 4.37 Å². The topological polar surface area (TPSA) is 46.1 Å². The van der Waals surface area contributed by atoms with E-state index in [4.69, 9.17) is 11.6 Å². The maximum atomic E-state index is 12.7. The van der Waals surface area contributed by atoms with Crippen LogP contribution in [0.15, 0.2) is 52.9 Å². The SMILES string of the molecule is O=C(CSc1nc(-c2ccccc2Cl)ns1)N1CCCc2ccccc21. The van der Waals surface area contributed by atoms with Gasteiger partial charge in [-0.25, -0.2) is 4.98 Å². The van der Waals surface area contributed by atoms with Crippen LogP contribution in [0.2, 0.25) is 5.02 Å². The second-order valence-corrected chi connectivity index (χ2v) is 8.31. The molecule has 4 nitrogen and oxygen atoms in total. The van der Waals surface area contributed by atoms with Gasteiger partial charge in [-0.3, -0.25) is 4.79 Å². The number of rotatable bonds is 4. The van der Waals surface area contributed by atoms with Gasteiger partial charge in [0.1, 0.15) is 0 Å². The van der Waals surface area contributed by atoms with Crippen molar-refractivity contribution in [2.24, 2.45) is 0 Å². The van der Waals surface area contributed by atoms with Crippen LogP contribution in [-0.2, 0) is 11.2 Å². The molecule has 0 radical (unpaired) electrons. The molecule has 26 heavy (non-hydrogen) atoms. The summed E-state index contributed by atoms with van der Waals surface area (Å²) >= 11 is 8.93. The zero-order valence-electron chi connectivity index (χ0n) is 13.9. The predicted octanol–water partition coefficient (Wildman–Crippen LogP) is 4.93. The zero-order chi connectivity index (χ0) is 17.9. The number of anilines is 1. The lowest BCUT2D eigenvalue weighted by Gasteiger charge is -2.29. The lowest BCUT2D eigenvalue weighted by molar-refractivity contribution is -0.116. The van der Waals surface area contributed by atoms with Gasteiger partial charge in [-0.15, -0.1) is 0 Å². The number of carbonyl (C=O) groups excluding carboxylic acids is 1. The molecule has 0 atom stereocenters. The lowest BCUT2D eigenvalue weighted by atomic mass is 10.0. The Bertz CT molecular complexity index is 944. The van der Waals surface area contributed by atoms with Gasteiger partial charge in [0.2, 0.25) is 5.91 Å². The second kappa shape index (κ2) is 7.78. The molecule has 7 heteroatoms. The van der Waals surface area contributed by atoms with Crippen LogP contribution < -0.4 is 4.90 Å². The summed E-state index contributed by atoms with van der Waals surface area (Å²) in [6, 6.07) is 15.6. The molecule has 0 saturated carbocycles. The third-order valence-electron chi connectivity index (χ3n) is 4.25. The van der Waals surface area contributed by atoms with Gasteiger partial charge < -0.3 is 4.90 Å². The van der Waals surface area contributed by atoms with E-state index in [0.29, 0.717) is 16.6 Å². The van der Waals surface area contributed by atoms with Crippen molar-refractivity contribution in [3.8, 4) is 11.4 Å². The Kier molecular flexibility index (Phi) is 5.24. The number of hydrogen-bond donors (Lipinski definition) is 0. The molecule has 1 amide bonds. The van der Waals surface area contributed by atoms with Gasteiger partial charge in [-0.05, 0) is 48.1 Å². The largest absolute Gasteiger partial charge is 0.311 e. The third-order valence-corrected chi connectivity index (χ3v) is 6.40. The number of carbonyl (C=O) groups is 1. The molecule has 0 unspecified atom stereocenters. The summed E-state index contributed by atoms with van der Waals surface area (Å²) < 4.78 is 5.15. The molecule has 132 valence electrons. The van der Waals surface area contributed by atoms with E-state index in [9.17, 15) is 4.79 Å². The molecule has 1 aromatic heterocycles. The van der Waals surface area contributed by atoms with Crippen LogP contribution in [-0.4, -0.2) is 27.6 Å². The summed E-state index contributed by atoms with van der Waals surface area (Å²) in [4.78, 5) is 19.1. The maximum Gasteiger partial charge on any atom is 0.237 e. The molecular weight excluding hydrogens is 386 g/mol. The first-order valence-electron chi connectivity index (χ1n) is 8.32. The van der Waals surface area contributed by atoms with Crippen LogP contribution in [0.25, 0.3) is 11.4 Å². The van der Waals surface area contributed by atoms with E-state index in [1.165, 1.54) is 28.9 Å². The molecular formula is C19H16ClN3OS2. The minimum Gasteiger partial charge on any atom is -0.311 e. The van der Waals surface area contributed by atoms with E-state index in [0.717, 1.165) is 35.0 Å². The van der Waals surface area contributed by atoms with Crippen molar-refractivity contribution in [1.82, 2.24) is 9.36 Å². The number of thioether (sulfide) groups is 1. The first kappa shape index (κ1) is 17.5. The Balaban J connectivity index is 1.44. The summed E-state index contributed by atoms with van der Waals surface area (Å²) in [5.41, 5.74) is 3.10. The number of amides is 1. The maximum absolute atomic E-state index is 12.7. The number of fused-ring (bicyclic) bond motifs is 1.